The van der Waals surface area contributed by atoms with E-state index in [1.165, 1.54) is 29.2 Å². The van der Waals surface area contributed by atoms with Crippen molar-refractivity contribution in [3.8, 4) is 11.1 Å². The van der Waals surface area contributed by atoms with Crippen LogP contribution in [0.4, 0.5) is 5.82 Å². The predicted octanol–water partition coefficient (Wildman–Crippen LogP) is 0.675. The zero-order chi connectivity index (χ0) is 21.1. The van der Waals surface area contributed by atoms with Crippen molar-refractivity contribution in [2.24, 2.45) is 0 Å². The van der Waals surface area contributed by atoms with Gasteiger partial charge in [-0.3, -0.25) is 14.8 Å². The van der Waals surface area contributed by atoms with Crippen LogP contribution < -0.4 is 15.9 Å². The van der Waals surface area contributed by atoms with E-state index < -0.39 is 20.5 Å². The molecule has 0 aliphatic heterocycles. The van der Waals surface area contributed by atoms with E-state index in [0.29, 0.717) is 5.56 Å². The summed E-state index contributed by atoms with van der Waals surface area (Å²) < 4.78 is 23.5. The van der Waals surface area contributed by atoms with Gasteiger partial charge in [0.1, 0.15) is 5.82 Å². The fourth-order valence-electron chi connectivity index (χ4n) is 2.61. The molecular formula is C18H24N4O5S. The summed E-state index contributed by atoms with van der Waals surface area (Å²) in [5, 5.41) is 8.86. The first-order chi connectivity index (χ1) is 13.0. The van der Waals surface area contributed by atoms with Crippen LogP contribution in [-0.4, -0.2) is 54.2 Å². The highest BCUT2D eigenvalue weighted by atomic mass is 32.2. The van der Waals surface area contributed by atoms with Crippen LogP contribution in [0.5, 0.6) is 0 Å². The number of hydrogen-bond donors (Lipinski definition) is 2. The molecule has 0 saturated heterocycles. The zero-order valence-corrected chi connectivity index (χ0v) is 17.0. The van der Waals surface area contributed by atoms with Crippen molar-refractivity contribution in [2.45, 2.75) is 24.6 Å². The highest BCUT2D eigenvalue weighted by molar-refractivity contribution is 7.92. The Balaban J connectivity index is 2.25. The molecule has 0 spiro atoms. The number of rotatable bonds is 7. The summed E-state index contributed by atoms with van der Waals surface area (Å²) in [6, 6.07) is 6.84. The second kappa shape index (κ2) is 8.11. The molecule has 2 heterocycles. The smallest absolute Gasteiger partial charge is 0.264 e. The number of hydrogen-bond acceptors (Lipinski definition) is 7. The molecule has 2 rings (SSSR count). The van der Waals surface area contributed by atoms with Crippen LogP contribution in [0.2, 0.25) is 0 Å². The summed E-state index contributed by atoms with van der Waals surface area (Å²) in [7, 11) is -0.0618. The summed E-state index contributed by atoms with van der Waals surface area (Å²) in [5.41, 5.74) is 2.50. The number of aryl methyl sites for hydroxylation is 1. The third-order valence-electron chi connectivity index (χ3n) is 4.77. The molecule has 1 unspecified atom stereocenters. The fraction of sp³-hybridized carbons (Fsp3) is 0.389. The molecule has 2 aromatic heterocycles. The van der Waals surface area contributed by atoms with Crippen LogP contribution in [0.1, 0.15) is 13.3 Å². The maximum atomic E-state index is 12.4. The number of carbonyl (C=O) groups is 1. The summed E-state index contributed by atoms with van der Waals surface area (Å²) >= 11 is 0. The standard InChI is InChI=1S/C18H24N4O5S/c1-18(17(24)20-25,28(4,26)27)8-10-22-9-7-13(11-16(22)23)14-5-6-15(19-12-14)21(2)3/h5-7,9,11-12,25H,8,10H2,1-4H3,(H,20,24). The van der Waals surface area contributed by atoms with E-state index >= 15 is 0 Å². The minimum Gasteiger partial charge on any atom is -0.363 e. The average molecular weight is 408 g/mol. The van der Waals surface area contributed by atoms with Crippen LogP contribution in [0, 0.1) is 0 Å². The van der Waals surface area contributed by atoms with Gasteiger partial charge in [0.2, 0.25) is 0 Å². The summed E-state index contributed by atoms with van der Waals surface area (Å²) in [5.74, 6) is -0.244. The average Bonchev–Trinajstić information content (AvgIpc) is 2.65. The molecule has 9 nitrogen and oxygen atoms in total. The van der Waals surface area contributed by atoms with Crippen LogP contribution in [-0.2, 0) is 21.2 Å². The highest BCUT2D eigenvalue weighted by Gasteiger charge is 2.43. The van der Waals surface area contributed by atoms with Gasteiger partial charge in [0, 0.05) is 50.9 Å². The molecular weight excluding hydrogens is 384 g/mol. The van der Waals surface area contributed by atoms with Crippen molar-refractivity contribution < 1.29 is 18.4 Å². The van der Waals surface area contributed by atoms with E-state index in [-0.39, 0.29) is 18.5 Å². The molecule has 28 heavy (non-hydrogen) atoms. The lowest BCUT2D eigenvalue weighted by atomic mass is 10.1. The van der Waals surface area contributed by atoms with E-state index in [4.69, 9.17) is 5.21 Å². The lowest BCUT2D eigenvalue weighted by Crippen LogP contribution is -2.49. The molecule has 1 atom stereocenters. The number of pyridine rings is 2. The second-order valence-electron chi connectivity index (χ2n) is 6.94. The van der Waals surface area contributed by atoms with Gasteiger partial charge >= 0.3 is 0 Å². The van der Waals surface area contributed by atoms with Crippen molar-refractivity contribution in [1.82, 2.24) is 15.0 Å². The van der Waals surface area contributed by atoms with E-state index in [1.54, 1.807) is 12.3 Å². The molecule has 10 heteroatoms. The van der Waals surface area contributed by atoms with Gasteiger partial charge in [-0.15, -0.1) is 0 Å². The van der Waals surface area contributed by atoms with Gasteiger partial charge in [-0.05, 0) is 37.1 Å². The molecule has 152 valence electrons. The van der Waals surface area contributed by atoms with Crippen molar-refractivity contribution in [3.05, 3.63) is 47.0 Å². The van der Waals surface area contributed by atoms with Crippen molar-refractivity contribution >= 4 is 21.6 Å². The third kappa shape index (κ3) is 4.39. The van der Waals surface area contributed by atoms with Crippen LogP contribution in [0.25, 0.3) is 11.1 Å². The van der Waals surface area contributed by atoms with Crippen molar-refractivity contribution in [2.75, 3.05) is 25.3 Å². The number of anilines is 1. The quantitative estimate of drug-likeness (QED) is 0.510. The molecule has 0 radical (unpaired) electrons. The van der Waals surface area contributed by atoms with Gasteiger partial charge in [-0.2, -0.15) is 0 Å². The SMILES string of the molecule is CN(C)c1ccc(-c2ccn(CCC(C)(C(=O)NO)S(C)(=O)=O)c(=O)c2)cn1. The van der Waals surface area contributed by atoms with Gasteiger partial charge in [-0.25, -0.2) is 18.9 Å². The van der Waals surface area contributed by atoms with E-state index in [2.05, 4.69) is 4.98 Å². The van der Waals surface area contributed by atoms with Crippen LogP contribution >= 0.6 is 0 Å². The molecule has 0 aliphatic rings. The predicted molar refractivity (Wildman–Crippen MR) is 106 cm³/mol. The number of hydroxylamine groups is 1. The molecule has 2 aromatic rings. The maximum absolute atomic E-state index is 12.4. The lowest BCUT2D eigenvalue weighted by Gasteiger charge is -2.25. The van der Waals surface area contributed by atoms with E-state index in [9.17, 15) is 18.0 Å². The van der Waals surface area contributed by atoms with Crippen LogP contribution in [0.15, 0.2) is 41.5 Å². The Morgan fingerprint density at radius 3 is 2.43 bits per heavy atom. The van der Waals surface area contributed by atoms with Gasteiger partial charge in [0.25, 0.3) is 11.5 Å². The van der Waals surface area contributed by atoms with Gasteiger partial charge in [-0.1, -0.05) is 0 Å². The Morgan fingerprint density at radius 2 is 1.96 bits per heavy atom. The summed E-state index contributed by atoms with van der Waals surface area (Å²) in [6.45, 7) is 1.21. The number of nitrogens with one attached hydrogen (secondary N) is 1. The van der Waals surface area contributed by atoms with E-state index in [0.717, 1.165) is 17.6 Å². The lowest BCUT2D eigenvalue weighted by molar-refractivity contribution is -0.131. The number of carbonyl (C=O) groups excluding carboxylic acids is 1. The number of amides is 1. The number of nitrogens with zero attached hydrogens (tertiary/aromatic N) is 3. The third-order valence-corrected chi connectivity index (χ3v) is 6.79. The summed E-state index contributed by atoms with van der Waals surface area (Å²) in [6.07, 6.45) is 3.95. The topological polar surface area (TPSA) is 122 Å². The minimum absolute atomic E-state index is 0.00603. The highest BCUT2D eigenvalue weighted by Crippen LogP contribution is 2.23. The van der Waals surface area contributed by atoms with Gasteiger partial charge < -0.3 is 9.47 Å². The van der Waals surface area contributed by atoms with Crippen molar-refractivity contribution in [1.29, 1.82) is 0 Å². The van der Waals surface area contributed by atoms with Crippen LogP contribution in [0.3, 0.4) is 0 Å². The number of sulfone groups is 1. The Kier molecular flexibility index (Phi) is 6.25. The Labute approximate surface area is 163 Å². The Bertz CT molecular complexity index is 1020. The first-order valence-electron chi connectivity index (χ1n) is 8.48. The van der Waals surface area contributed by atoms with Gasteiger partial charge in [0.05, 0.1) is 0 Å². The molecule has 0 fully saturated rings. The second-order valence-corrected chi connectivity index (χ2v) is 9.39. The Hall–Kier alpha value is -2.72. The molecule has 0 saturated carbocycles. The largest absolute Gasteiger partial charge is 0.363 e. The molecule has 0 aliphatic carbocycles. The van der Waals surface area contributed by atoms with E-state index in [1.807, 2.05) is 31.1 Å². The first kappa shape index (κ1) is 21.6. The fourth-order valence-corrected chi connectivity index (χ4v) is 3.46. The number of aromatic nitrogens is 2. The molecule has 1 amide bonds. The molecule has 2 N–H and O–H groups in total. The monoisotopic (exact) mass is 408 g/mol. The summed E-state index contributed by atoms with van der Waals surface area (Å²) in [4.78, 5) is 30.5. The maximum Gasteiger partial charge on any atom is 0.264 e. The van der Waals surface area contributed by atoms with Crippen molar-refractivity contribution in [3.63, 3.8) is 0 Å². The zero-order valence-electron chi connectivity index (χ0n) is 16.2. The normalized spacial score (nSPS) is 13.6. The Morgan fingerprint density at radius 1 is 1.29 bits per heavy atom. The molecule has 0 aromatic carbocycles. The van der Waals surface area contributed by atoms with Gasteiger partial charge in [0.15, 0.2) is 14.6 Å². The first-order valence-corrected chi connectivity index (χ1v) is 10.4. The molecule has 0 bridgehead atoms. The minimum atomic E-state index is -3.82.